The first-order valence-electron chi connectivity index (χ1n) is 15.2. The van der Waals surface area contributed by atoms with E-state index in [1.165, 1.54) is 0 Å². The SMILES string of the molecule is CC(C)[C@H](NC(=O)OCc1ccccc1)C(=O)NC(Cc1ccncc1)C(O)C(O)C(Cc1ccncc1)NC(=O)OC(C)(C)C. The number of aliphatic hydroxyl groups is 2. The van der Waals surface area contributed by atoms with Crippen LogP contribution in [0.4, 0.5) is 9.59 Å². The largest absolute Gasteiger partial charge is 0.445 e. The van der Waals surface area contributed by atoms with E-state index in [4.69, 9.17) is 9.47 Å². The molecule has 2 heterocycles. The molecule has 46 heavy (non-hydrogen) atoms. The summed E-state index contributed by atoms with van der Waals surface area (Å²) in [6, 6.07) is 13.0. The summed E-state index contributed by atoms with van der Waals surface area (Å²) >= 11 is 0. The molecule has 0 aliphatic rings. The lowest BCUT2D eigenvalue weighted by molar-refractivity contribution is -0.126. The number of amides is 3. The Bertz CT molecular complexity index is 1370. The van der Waals surface area contributed by atoms with Crippen LogP contribution >= 0.6 is 0 Å². The lowest BCUT2D eigenvalue weighted by atomic mass is 9.91. The van der Waals surface area contributed by atoms with Gasteiger partial charge in [0.05, 0.1) is 12.1 Å². The Morgan fingerprint density at radius 3 is 1.70 bits per heavy atom. The summed E-state index contributed by atoms with van der Waals surface area (Å²) in [7, 11) is 0. The number of hydrogen-bond donors (Lipinski definition) is 5. The molecule has 4 unspecified atom stereocenters. The number of carbonyl (C=O) groups excluding carboxylic acids is 3. The van der Waals surface area contributed by atoms with Crippen LogP contribution in [-0.4, -0.2) is 74.2 Å². The number of nitrogens with zero attached hydrogens (tertiary/aromatic N) is 2. The maximum absolute atomic E-state index is 13.6. The van der Waals surface area contributed by atoms with E-state index >= 15 is 0 Å². The Kier molecular flexibility index (Phi) is 13.5. The molecule has 12 nitrogen and oxygen atoms in total. The van der Waals surface area contributed by atoms with Crippen LogP contribution < -0.4 is 16.0 Å². The highest BCUT2D eigenvalue weighted by atomic mass is 16.6. The Morgan fingerprint density at radius 2 is 1.22 bits per heavy atom. The van der Waals surface area contributed by atoms with Crippen molar-refractivity contribution in [3.63, 3.8) is 0 Å². The standard InChI is InChI=1S/C34H45N5O7/c1-22(2)28(39-32(43)45-21-25-9-7-6-8-10-25)31(42)37-26(19-23-11-15-35-16-12-23)29(40)30(41)27(20-24-13-17-36-18-14-24)38-33(44)46-34(3,4)5/h6-18,22,26-30,40-41H,19-21H2,1-5H3,(H,37,42)(H,38,44)(H,39,43)/t26?,27?,28-,29?,30?/m0/s1. The van der Waals surface area contributed by atoms with E-state index < -0.39 is 54.0 Å². The lowest BCUT2D eigenvalue weighted by Gasteiger charge is -2.34. The smallest absolute Gasteiger partial charge is 0.408 e. The molecule has 0 radical (unpaired) electrons. The number of benzene rings is 1. The molecule has 0 bridgehead atoms. The Morgan fingerprint density at radius 1 is 0.717 bits per heavy atom. The average Bonchev–Trinajstić information content (AvgIpc) is 3.01. The van der Waals surface area contributed by atoms with Crippen molar-refractivity contribution in [1.29, 1.82) is 0 Å². The average molecular weight is 636 g/mol. The quantitative estimate of drug-likeness (QED) is 0.178. The third kappa shape index (κ3) is 12.1. The highest BCUT2D eigenvalue weighted by Crippen LogP contribution is 2.17. The monoisotopic (exact) mass is 635 g/mol. The number of aromatic nitrogens is 2. The van der Waals surface area contributed by atoms with Gasteiger partial charge in [0.1, 0.15) is 30.5 Å². The first kappa shape index (κ1) is 35.9. The molecule has 0 aliphatic heterocycles. The van der Waals surface area contributed by atoms with E-state index in [0.717, 1.165) is 16.7 Å². The zero-order valence-electron chi connectivity index (χ0n) is 26.9. The van der Waals surface area contributed by atoms with Crippen LogP contribution in [-0.2, 0) is 33.7 Å². The summed E-state index contributed by atoms with van der Waals surface area (Å²) in [5.41, 5.74) is 1.47. The minimum absolute atomic E-state index is 0.0260. The maximum atomic E-state index is 13.6. The predicted octanol–water partition coefficient (Wildman–Crippen LogP) is 3.31. The highest BCUT2D eigenvalue weighted by molar-refractivity contribution is 5.86. The van der Waals surface area contributed by atoms with E-state index in [2.05, 4.69) is 25.9 Å². The summed E-state index contributed by atoms with van der Waals surface area (Å²) in [6.07, 6.45) is 1.92. The van der Waals surface area contributed by atoms with Gasteiger partial charge >= 0.3 is 12.2 Å². The molecular formula is C34H45N5O7. The molecule has 3 amide bonds. The van der Waals surface area contributed by atoms with Gasteiger partial charge in [0.15, 0.2) is 0 Å². The van der Waals surface area contributed by atoms with E-state index in [-0.39, 0.29) is 25.4 Å². The molecule has 0 fully saturated rings. The highest BCUT2D eigenvalue weighted by Gasteiger charge is 2.37. The minimum Gasteiger partial charge on any atom is -0.445 e. The van der Waals surface area contributed by atoms with Gasteiger partial charge in [-0.05, 0) is 80.5 Å². The summed E-state index contributed by atoms with van der Waals surface area (Å²) in [6.45, 7) is 8.70. The zero-order chi connectivity index (χ0) is 33.7. The van der Waals surface area contributed by atoms with Gasteiger partial charge < -0.3 is 35.6 Å². The number of hydrogen-bond acceptors (Lipinski definition) is 9. The van der Waals surface area contributed by atoms with Crippen LogP contribution in [0, 0.1) is 5.92 Å². The number of nitrogens with one attached hydrogen (secondary N) is 3. The molecule has 1 aromatic carbocycles. The van der Waals surface area contributed by atoms with Gasteiger partial charge in [-0.1, -0.05) is 44.2 Å². The van der Waals surface area contributed by atoms with Crippen LogP contribution in [0.3, 0.4) is 0 Å². The van der Waals surface area contributed by atoms with Crippen molar-refractivity contribution in [3.05, 3.63) is 96.1 Å². The second kappa shape index (κ2) is 17.2. The minimum atomic E-state index is -1.56. The predicted molar refractivity (Wildman–Crippen MR) is 171 cm³/mol. The number of alkyl carbamates (subject to hydrolysis) is 2. The number of ether oxygens (including phenoxy) is 2. The molecule has 12 heteroatoms. The van der Waals surface area contributed by atoms with Crippen molar-refractivity contribution in [2.45, 2.75) is 90.0 Å². The van der Waals surface area contributed by atoms with E-state index in [1.807, 2.05) is 30.3 Å². The van der Waals surface area contributed by atoms with Gasteiger partial charge in [-0.15, -0.1) is 0 Å². The summed E-state index contributed by atoms with van der Waals surface area (Å²) in [4.78, 5) is 47.1. The molecule has 0 saturated heterocycles. The van der Waals surface area contributed by atoms with Crippen LogP contribution in [0.25, 0.3) is 0 Å². The van der Waals surface area contributed by atoms with E-state index in [0.29, 0.717) is 0 Å². The summed E-state index contributed by atoms with van der Waals surface area (Å²) in [5, 5.41) is 31.3. The number of pyridine rings is 2. The Labute approximate surface area is 270 Å². The maximum Gasteiger partial charge on any atom is 0.408 e. The third-order valence-electron chi connectivity index (χ3n) is 7.05. The summed E-state index contributed by atoms with van der Waals surface area (Å²) < 4.78 is 10.7. The molecule has 0 aliphatic carbocycles. The van der Waals surface area contributed by atoms with Gasteiger partial charge in [-0.3, -0.25) is 14.8 Å². The summed E-state index contributed by atoms with van der Waals surface area (Å²) in [5.74, 6) is -0.927. The van der Waals surface area contributed by atoms with Crippen molar-refractivity contribution in [3.8, 4) is 0 Å². The van der Waals surface area contributed by atoms with E-state index in [9.17, 15) is 24.6 Å². The first-order chi connectivity index (χ1) is 21.8. The second-order valence-corrected chi connectivity index (χ2v) is 12.4. The van der Waals surface area contributed by atoms with Crippen molar-refractivity contribution in [2.75, 3.05) is 0 Å². The Balaban J connectivity index is 1.81. The molecule has 2 aromatic heterocycles. The van der Waals surface area contributed by atoms with Gasteiger partial charge in [-0.2, -0.15) is 0 Å². The fourth-order valence-electron chi connectivity index (χ4n) is 4.69. The van der Waals surface area contributed by atoms with Crippen LogP contribution in [0.15, 0.2) is 79.4 Å². The lowest BCUT2D eigenvalue weighted by Crippen LogP contribution is -2.60. The van der Waals surface area contributed by atoms with Gasteiger partial charge in [0, 0.05) is 24.8 Å². The first-order valence-corrected chi connectivity index (χ1v) is 15.2. The van der Waals surface area contributed by atoms with Crippen LogP contribution in [0.2, 0.25) is 0 Å². The molecule has 0 spiro atoms. The van der Waals surface area contributed by atoms with Gasteiger partial charge in [0.2, 0.25) is 5.91 Å². The molecule has 0 saturated carbocycles. The molecule has 5 N–H and O–H groups in total. The van der Waals surface area contributed by atoms with Gasteiger partial charge in [-0.25, -0.2) is 9.59 Å². The second-order valence-electron chi connectivity index (χ2n) is 12.4. The van der Waals surface area contributed by atoms with Crippen molar-refractivity contribution in [2.24, 2.45) is 5.92 Å². The van der Waals surface area contributed by atoms with Crippen LogP contribution in [0.5, 0.6) is 0 Å². The normalized spacial score (nSPS) is 14.7. The van der Waals surface area contributed by atoms with Crippen molar-refractivity contribution < 1.29 is 34.1 Å². The molecule has 3 aromatic rings. The Hall–Kier alpha value is -4.55. The number of carbonyl (C=O) groups is 3. The molecule has 5 atom stereocenters. The van der Waals surface area contributed by atoms with E-state index in [1.54, 1.807) is 83.7 Å². The molecule has 3 rings (SSSR count). The van der Waals surface area contributed by atoms with Crippen molar-refractivity contribution in [1.82, 2.24) is 25.9 Å². The van der Waals surface area contributed by atoms with Gasteiger partial charge in [0.25, 0.3) is 0 Å². The fraction of sp³-hybridized carbons (Fsp3) is 0.441. The van der Waals surface area contributed by atoms with Crippen molar-refractivity contribution >= 4 is 18.1 Å². The number of aliphatic hydroxyl groups excluding tert-OH is 2. The third-order valence-corrected chi connectivity index (χ3v) is 7.05. The number of rotatable bonds is 14. The molecule has 248 valence electrons. The topological polar surface area (TPSA) is 172 Å². The molecular weight excluding hydrogens is 590 g/mol. The fourth-order valence-corrected chi connectivity index (χ4v) is 4.69. The van der Waals surface area contributed by atoms with Crippen LogP contribution in [0.1, 0.15) is 51.3 Å². The zero-order valence-corrected chi connectivity index (χ0v) is 26.9.